The second kappa shape index (κ2) is 31.9. The van der Waals surface area contributed by atoms with Gasteiger partial charge in [0.2, 0.25) is 0 Å². The van der Waals surface area contributed by atoms with Crippen LogP contribution in [0.2, 0.25) is 0 Å². The van der Waals surface area contributed by atoms with Gasteiger partial charge in [0.1, 0.15) is 39.0 Å². The number of quaternary nitrogens is 2. The van der Waals surface area contributed by atoms with Crippen molar-refractivity contribution in [1.82, 2.24) is 19.5 Å². The number of fused-ring (bicyclic) bond motifs is 2. The van der Waals surface area contributed by atoms with Gasteiger partial charge in [0, 0.05) is 7.11 Å². The van der Waals surface area contributed by atoms with Gasteiger partial charge in [0.15, 0.2) is 22.8 Å². The number of ether oxygens (including phenoxy) is 4. The maximum atomic E-state index is 11.9. The molecule has 0 aromatic carbocycles. The summed E-state index contributed by atoms with van der Waals surface area (Å²) in [7, 11) is -8.63. The van der Waals surface area contributed by atoms with E-state index >= 15 is 0 Å². The molecule has 2 fully saturated rings. The molecule has 20 heteroatoms. The number of unbranched alkanes of at least 4 members (excludes halogenated alkanes) is 8. The van der Waals surface area contributed by atoms with Gasteiger partial charge in [-0.15, -0.1) is 0 Å². The summed E-state index contributed by atoms with van der Waals surface area (Å²) in [5, 5.41) is 0.405. The molecule has 0 amide bonds. The van der Waals surface area contributed by atoms with Crippen molar-refractivity contribution in [3.05, 3.63) is 6.33 Å². The number of methoxy groups -OCH3 is 1. The van der Waals surface area contributed by atoms with Gasteiger partial charge < -0.3 is 62.0 Å². The Morgan fingerprint density at radius 1 is 0.712 bits per heavy atom. The predicted molar refractivity (Wildman–Crippen MR) is 263 cm³/mol. The van der Waals surface area contributed by atoms with Crippen molar-refractivity contribution in [2.24, 2.45) is 0 Å². The average molecular weight is 996 g/mol. The third kappa shape index (κ3) is 20.6. The molecule has 4 heterocycles. The largest absolute Gasteiger partial charge is 0.778 e. The first kappa shape index (κ1) is 60.9. The van der Waals surface area contributed by atoms with E-state index < -0.39 is 58.7 Å². The molecule has 66 heavy (non-hydrogen) atoms. The average Bonchev–Trinajstić information content (AvgIpc) is 4.01. The van der Waals surface area contributed by atoms with Crippen molar-refractivity contribution in [2.45, 2.75) is 194 Å². The maximum Gasteiger partial charge on any atom is 0.272 e. The van der Waals surface area contributed by atoms with Gasteiger partial charge in [-0.2, -0.15) is 0 Å². The Balaban J connectivity index is 0.000000376. The molecule has 0 saturated carbocycles. The number of anilines is 1. The Labute approximate surface area is 402 Å². The summed E-state index contributed by atoms with van der Waals surface area (Å²) in [5.41, 5.74) is 6.65. The van der Waals surface area contributed by atoms with Crippen LogP contribution < -0.4 is 15.5 Å². The number of rotatable bonds is 32. The number of hydrogen-bond acceptors (Lipinski definition) is 14. The van der Waals surface area contributed by atoms with Crippen LogP contribution in [0.5, 0.6) is 0 Å². The SMILES string of the molecule is CCCC[N+](CCCC)(CCCC)CCCC.CCCC[N+](CCCC)(CCCC)CCCC.COC1O[C@@H]2[C@H](O1)[C@@H](n1cnc3c(N)nc(SC)nc31)O[C@H]2COP(=O)([O-])CP(=O)([O-])O. The Bertz CT molecular complexity index is 1600. The molecular weight excluding hydrogens is 905 g/mol. The number of aromatic nitrogens is 4. The van der Waals surface area contributed by atoms with Crippen molar-refractivity contribution in [2.75, 3.05) is 84.0 Å². The lowest BCUT2D eigenvalue weighted by Crippen LogP contribution is -2.50. The van der Waals surface area contributed by atoms with Crippen LogP contribution in [-0.2, 0) is 32.6 Å². The zero-order valence-electron chi connectivity index (χ0n) is 42.5. The zero-order chi connectivity index (χ0) is 49.2. The molecule has 0 bridgehead atoms. The van der Waals surface area contributed by atoms with E-state index in [1.807, 2.05) is 0 Å². The quantitative estimate of drug-likeness (QED) is 0.0303. The summed E-state index contributed by atoms with van der Waals surface area (Å²) in [6, 6.07) is 0. The van der Waals surface area contributed by atoms with Crippen LogP contribution in [0.25, 0.3) is 11.2 Å². The van der Waals surface area contributed by atoms with Crippen LogP contribution in [-0.4, -0.2) is 136 Å². The molecule has 0 radical (unpaired) electrons. The zero-order valence-corrected chi connectivity index (χ0v) is 45.1. The number of nitrogens with two attached hydrogens (primary N) is 1. The normalized spacial score (nSPS) is 21.4. The summed E-state index contributed by atoms with van der Waals surface area (Å²) >= 11 is 1.28. The van der Waals surface area contributed by atoms with Crippen molar-refractivity contribution in [3.8, 4) is 0 Å². The molecule has 2 saturated heterocycles. The minimum Gasteiger partial charge on any atom is -0.778 e. The first-order valence-electron chi connectivity index (χ1n) is 25.2. The van der Waals surface area contributed by atoms with Crippen LogP contribution in [0, 0.1) is 0 Å². The van der Waals surface area contributed by atoms with E-state index in [9.17, 15) is 18.9 Å². The molecule has 3 unspecified atom stereocenters. The van der Waals surface area contributed by atoms with E-state index in [0.717, 1.165) is 0 Å². The summed E-state index contributed by atoms with van der Waals surface area (Å²) < 4.78 is 54.3. The van der Waals surface area contributed by atoms with E-state index in [1.165, 1.54) is 189 Å². The summed E-state index contributed by atoms with van der Waals surface area (Å²) in [6.45, 7) is 28.4. The molecule has 2 aromatic rings. The Kier molecular flexibility index (Phi) is 29.4. The minimum absolute atomic E-state index is 0.171. The highest BCUT2D eigenvalue weighted by molar-refractivity contribution is 7.98. The molecule has 3 N–H and O–H groups in total. The van der Waals surface area contributed by atoms with Crippen LogP contribution in [0.3, 0.4) is 0 Å². The van der Waals surface area contributed by atoms with E-state index in [-0.39, 0.29) is 5.82 Å². The minimum atomic E-state index is -5.08. The van der Waals surface area contributed by atoms with Crippen LogP contribution in [0.15, 0.2) is 11.5 Å². The second-order valence-electron chi connectivity index (χ2n) is 18.2. The van der Waals surface area contributed by atoms with Crippen LogP contribution in [0.1, 0.15) is 164 Å². The van der Waals surface area contributed by atoms with Crippen LogP contribution in [0.4, 0.5) is 5.82 Å². The number of hydrogen-bond donors (Lipinski definition) is 2. The van der Waals surface area contributed by atoms with Gasteiger partial charge in [-0.1, -0.05) is 119 Å². The Morgan fingerprint density at radius 3 is 1.48 bits per heavy atom. The van der Waals surface area contributed by atoms with Crippen molar-refractivity contribution < 1.29 is 56.2 Å². The van der Waals surface area contributed by atoms with Crippen molar-refractivity contribution in [3.63, 3.8) is 0 Å². The molecule has 0 spiro atoms. The third-order valence-corrected chi connectivity index (χ3v) is 16.5. The highest BCUT2D eigenvalue weighted by atomic mass is 32.2. The number of nitrogen functional groups attached to an aromatic ring is 1. The van der Waals surface area contributed by atoms with Crippen LogP contribution >= 0.6 is 27.0 Å². The molecule has 386 valence electrons. The van der Waals surface area contributed by atoms with E-state index in [4.69, 9.17) is 34.1 Å². The lowest BCUT2D eigenvalue weighted by atomic mass is 10.1. The molecular formula is C46H91N7O10P2S. The predicted octanol–water partition coefficient (Wildman–Crippen LogP) is 8.82. The highest BCUT2D eigenvalue weighted by Crippen LogP contribution is 2.51. The highest BCUT2D eigenvalue weighted by Gasteiger charge is 2.54. The molecule has 2 aliphatic rings. The van der Waals surface area contributed by atoms with E-state index in [2.05, 4.69) is 70.3 Å². The van der Waals surface area contributed by atoms with Crippen molar-refractivity contribution in [1.29, 1.82) is 0 Å². The Hall–Kier alpha value is -1.24. The lowest BCUT2D eigenvalue weighted by molar-refractivity contribution is -0.929. The monoisotopic (exact) mass is 996 g/mol. The standard InChI is InChI=1S/2C16H36N.C14H21N5O10P2S/c2*1-5-9-13-17(14-10-6-2,15-11-7-3)16-12-8-4;1-25-14-28-8-6(3-26-31(23,24)5-30(20,21)22)27-12(9(8)29-14)19-4-16-7-10(15)17-13(32-2)18-11(7)19/h2*5-16H2,1-4H3;4,6,8-9,12,14H,3,5H2,1-2H3,(H,23,24)(H2,15,17,18)(H2,20,21,22)/q2*+1;/p-2/t;;6-,8-,9-,12-,14?/m..0/s1. The molecule has 17 nitrogen and oxygen atoms in total. The number of imidazole rings is 1. The fourth-order valence-electron chi connectivity index (χ4n) is 8.71. The van der Waals surface area contributed by atoms with Crippen molar-refractivity contribution >= 4 is 43.9 Å². The van der Waals surface area contributed by atoms with Gasteiger partial charge >= 0.3 is 0 Å². The fraction of sp³-hybridized carbons (Fsp3) is 0.891. The summed E-state index contributed by atoms with van der Waals surface area (Å²) in [4.78, 5) is 44.4. The topological polar surface area (TPSA) is 216 Å². The summed E-state index contributed by atoms with van der Waals surface area (Å²) in [5.74, 6) is -1.37. The molecule has 7 atom stereocenters. The van der Waals surface area contributed by atoms with Gasteiger partial charge in [0.05, 0.1) is 71.2 Å². The van der Waals surface area contributed by atoms with Gasteiger partial charge in [-0.25, -0.2) is 15.0 Å². The molecule has 0 aliphatic carbocycles. The maximum absolute atomic E-state index is 11.9. The second-order valence-corrected chi connectivity index (χ2v) is 22.9. The molecule has 2 aliphatic heterocycles. The van der Waals surface area contributed by atoms with Gasteiger partial charge in [0.25, 0.3) is 6.48 Å². The van der Waals surface area contributed by atoms with E-state index in [1.54, 1.807) is 10.8 Å². The lowest BCUT2D eigenvalue weighted by Gasteiger charge is -2.39. The number of nitrogens with zero attached hydrogens (tertiary/aromatic N) is 6. The third-order valence-electron chi connectivity index (χ3n) is 12.6. The molecule has 4 rings (SSSR count). The summed E-state index contributed by atoms with van der Waals surface area (Å²) in [6.07, 6.45) is 21.9. The van der Waals surface area contributed by atoms with Gasteiger partial charge in [-0.05, 0) is 57.6 Å². The fourth-order valence-corrected chi connectivity index (χ4v) is 11.5. The smallest absolute Gasteiger partial charge is 0.272 e. The Morgan fingerprint density at radius 2 is 1.12 bits per heavy atom. The first-order chi connectivity index (χ1) is 31.5. The molecule has 2 aromatic heterocycles. The van der Waals surface area contributed by atoms with E-state index in [0.29, 0.717) is 16.3 Å². The first-order valence-corrected chi connectivity index (χ1v) is 29.9. The number of thioether (sulfide) groups is 1. The van der Waals surface area contributed by atoms with Gasteiger partial charge in [-0.3, -0.25) is 4.57 Å².